The Morgan fingerprint density at radius 3 is 2.65 bits per heavy atom. The summed E-state index contributed by atoms with van der Waals surface area (Å²) in [5, 5.41) is 8.48. The summed E-state index contributed by atoms with van der Waals surface area (Å²) in [6.45, 7) is 12.0. The maximum absolute atomic E-state index is 6.27. The minimum atomic E-state index is -0.000116. The minimum Gasteiger partial charge on any atom is -0.316 e. The van der Waals surface area contributed by atoms with Crippen molar-refractivity contribution in [3.05, 3.63) is 29.1 Å². The van der Waals surface area contributed by atoms with E-state index < -0.39 is 0 Å². The molecule has 0 aromatic carbocycles. The molecule has 0 spiro atoms. The van der Waals surface area contributed by atoms with Gasteiger partial charge in [0.05, 0.1) is 16.4 Å². The maximum Gasteiger partial charge on any atom is 0.0847 e. The van der Waals surface area contributed by atoms with Crippen LogP contribution in [0, 0.1) is 12.3 Å². The second-order valence-electron chi connectivity index (χ2n) is 4.78. The monoisotopic (exact) mass is 255 g/mol. The standard InChI is InChI=1S/C13H22ClN3/c1-6-13(4,9-15-7-2)8-11-12(14)10(3)16-17(11)5/h6,15H,1,7-9H2,2-5H3. The lowest BCUT2D eigenvalue weighted by molar-refractivity contribution is 0.385. The second-order valence-corrected chi connectivity index (χ2v) is 5.16. The fourth-order valence-corrected chi connectivity index (χ4v) is 2.10. The average Bonchev–Trinajstić information content (AvgIpc) is 2.53. The van der Waals surface area contributed by atoms with Crippen molar-refractivity contribution in [3.8, 4) is 0 Å². The fraction of sp³-hybridized carbons (Fsp3) is 0.615. The molecule has 0 saturated heterocycles. The van der Waals surface area contributed by atoms with E-state index in [1.165, 1.54) is 0 Å². The summed E-state index contributed by atoms with van der Waals surface area (Å²) in [6.07, 6.45) is 2.84. The number of aromatic nitrogens is 2. The fourth-order valence-electron chi connectivity index (χ4n) is 1.87. The molecule has 0 amide bonds. The van der Waals surface area contributed by atoms with Crippen molar-refractivity contribution >= 4 is 11.6 Å². The van der Waals surface area contributed by atoms with Gasteiger partial charge in [-0.1, -0.05) is 31.5 Å². The molecule has 0 aliphatic heterocycles. The van der Waals surface area contributed by atoms with Gasteiger partial charge in [0.1, 0.15) is 0 Å². The maximum atomic E-state index is 6.27. The molecule has 0 aliphatic rings. The van der Waals surface area contributed by atoms with Gasteiger partial charge in [-0.05, 0) is 13.5 Å². The van der Waals surface area contributed by atoms with E-state index in [9.17, 15) is 0 Å². The van der Waals surface area contributed by atoms with E-state index in [-0.39, 0.29) is 5.41 Å². The Morgan fingerprint density at radius 1 is 1.59 bits per heavy atom. The highest BCUT2D eigenvalue weighted by Gasteiger charge is 2.24. The third-order valence-electron chi connectivity index (χ3n) is 3.10. The van der Waals surface area contributed by atoms with Crippen LogP contribution in [0.3, 0.4) is 0 Å². The van der Waals surface area contributed by atoms with Crippen LogP contribution in [0.5, 0.6) is 0 Å². The Labute approximate surface area is 109 Å². The predicted molar refractivity (Wildman–Crippen MR) is 73.5 cm³/mol. The van der Waals surface area contributed by atoms with Gasteiger partial charge in [0, 0.05) is 25.4 Å². The van der Waals surface area contributed by atoms with E-state index in [4.69, 9.17) is 11.6 Å². The van der Waals surface area contributed by atoms with Gasteiger partial charge >= 0.3 is 0 Å². The Bertz CT molecular complexity index is 398. The Balaban J connectivity index is 2.90. The normalized spacial score (nSPS) is 14.6. The lowest BCUT2D eigenvalue weighted by atomic mass is 9.85. The summed E-state index contributed by atoms with van der Waals surface area (Å²) in [4.78, 5) is 0. The SMILES string of the molecule is C=CC(C)(CNCC)Cc1c(Cl)c(C)nn1C. The Kier molecular flexibility index (Phi) is 4.78. The smallest absolute Gasteiger partial charge is 0.0847 e. The van der Waals surface area contributed by atoms with Crippen molar-refractivity contribution in [3.63, 3.8) is 0 Å². The van der Waals surface area contributed by atoms with E-state index in [0.717, 1.165) is 35.9 Å². The van der Waals surface area contributed by atoms with Crippen LogP contribution in [0.1, 0.15) is 25.2 Å². The first-order valence-corrected chi connectivity index (χ1v) is 6.33. The van der Waals surface area contributed by atoms with Crippen LogP contribution >= 0.6 is 11.6 Å². The van der Waals surface area contributed by atoms with Crippen LogP contribution in [-0.4, -0.2) is 22.9 Å². The number of nitrogens with one attached hydrogen (secondary N) is 1. The van der Waals surface area contributed by atoms with Gasteiger partial charge in [0.15, 0.2) is 0 Å². The number of nitrogens with zero attached hydrogens (tertiary/aromatic N) is 2. The molecule has 0 radical (unpaired) electrons. The molecule has 1 aromatic heterocycles. The van der Waals surface area contributed by atoms with Gasteiger partial charge in [-0.25, -0.2) is 0 Å². The molecular formula is C13H22ClN3. The van der Waals surface area contributed by atoms with E-state index in [1.54, 1.807) is 0 Å². The lowest BCUT2D eigenvalue weighted by Gasteiger charge is -2.26. The van der Waals surface area contributed by atoms with Gasteiger partial charge in [0.25, 0.3) is 0 Å². The summed E-state index contributed by atoms with van der Waals surface area (Å²) < 4.78 is 1.87. The van der Waals surface area contributed by atoms with E-state index in [0.29, 0.717) is 0 Å². The van der Waals surface area contributed by atoms with Crippen molar-refractivity contribution in [2.45, 2.75) is 27.2 Å². The van der Waals surface area contributed by atoms with Crippen LogP contribution in [0.15, 0.2) is 12.7 Å². The second kappa shape index (κ2) is 5.69. The first kappa shape index (κ1) is 14.3. The summed E-state index contributed by atoms with van der Waals surface area (Å²) in [5.41, 5.74) is 1.96. The topological polar surface area (TPSA) is 29.9 Å². The molecular weight excluding hydrogens is 234 g/mol. The highest BCUT2D eigenvalue weighted by molar-refractivity contribution is 6.31. The molecule has 17 heavy (non-hydrogen) atoms. The number of hydrogen-bond acceptors (Lipinski definition) is 2. The van der Waals surface area contributed by atoms with E-state index in [2.05, 4.69) is 30.8 Å². The third kappa shape index (κ3) is 3.33. The molecule has 0 aliphatic carbocycles. The molecule has 1 rings (SSSR count). The summed E-state index contributed by atoms with van der Waals surface area (Å²) in [6, 6.07) is 0. The summed E-state index contributed by atoms with van der Waals surface area (Å²) in [7, 11) is 1.94. The van der Waals surface area contributed by atoms with Gasteiger partial charge in [-0.2, -0.15) is 5.10 Å². The summed E-state index contributed by atoms with van der Waals surface area (Å²) in [5.74, 6) is 0. The van der Waals surface area contributed by atoms with Gasteiger partial charge in [-0.15, -0.1) is 6.58 Å². The van der Waals surface area contributed by atoms with Crippen molar-refractivity contribution in [2.24, 2.45) is 12.5 Å². The number of aryl methyl sites for hydroxylation is 2. The largest absolute Gasteiger partial charge is 0.316 e. The van der Waals surface area contributed by atoms with Crippen LogP contribution in [0.4, 0.5) is 0 Å². The first-order valence-electron chi connectivity index (χ1n) is 5.96. The quantitative estimate of drug-likeness (QED) is 0.793. The third-order valence-corrected chi connectivity index (χ3v) is 3.60. The van der Waals surface area contributed by atoms with Crippen LogP contribution in [-0.2, 0) is 13.5 Å². The Morgan fingerprint density at radius 2 is 2.24 bits per heavy atom. The van der Waals surface area contributed by atoms with Gasteiger partial charge in [-0.3, -0.25) is 4.68 Å². The number of hydrogen-bond donors (Lipinski definition) is 1. The van der Waals surface area contributed by atoms with Crippen LogP contribution < -0.4 is 5.32 Å². The minimum absolute atomic E-state index is 0.000116. The van der Waals surface area contributed by atoms with E-state index in [1.807, 2.05) is 24.7 Å². The molecule has 1 atom stereocenters. The molecule has 1 aromatic rings. The molecule has 0 fully saturated rings. The molecule has 0 saturated carbocycles. The lowest BCUT2D eigenvalue weighted by Crippen LogP contribution is -2.32. The van der Waals surface area contributed by atoms with Gasteiger partial charge < -0.3 is 5.32 Å². The number of halogens is 1. The molecule has 1 heterocycles. The zero-order valence-electron chi connectivity index (χ0n) is 11.2. The molecule has 0 bridgehead atoms. The molecule has 4 heteroatoms. The van der Waals surface area contributed by atoms with Crippen molar-refractivity contribution in [1.29, 1.82) is 0 Å². The first-order chi connectivity index (χ1) is 7.93. The highest BCUT2D eigenvalue weighted by Crippen LogP contribution is 2.28. The molecule has 3 nitrogen and oxygen atoms in total. The zero-order chi connectivity index (χ0) is 13.1. The van der Waals surface area contributed by atoms with Crippen LogP contribution in [0.2, 0.25) is 5.02 Å². The predicted octanol–water partition coefficient (Wildman–Crippen LogP) is 2.73. The number of rotatable bonds is 6. The van der Waals surface area contributed by atoms with E-state index >= 15 is 0 Å². The summed E-state index contributed by atoms with van der Waals surface area (Å²) >= 11 is 6.27. The highest BCUT2D eigenvalue weighted by atomic mass is 35.5. The van der Waals surface area contributed by atoms with Crippen molar-refractivity contribution in [2.75, 3.05) is 13.1 Å². The van der Waals surface area contributed by atoms with Gasteiger partial charge in [0.2, 0.25) is 0 Å². The molecule has 1 N–H and O–H groups in total. The molecule has 1 unspecified atom stereocenters. The zero-order valence-corrected chi connectivity index (χ0v) is 11.9. The average molecular weight is 256 g/mol. The van der Waals surface area contributed by atoms with Crippen LogP contribution in [0.25, 0.3) is 0 Å². The Hall–Kier alpha value is -0.800. The molecule has 96 valence electrons. The van der Waals surface area contributed by atoms with Crippen molar-refractivity contribution in [1.82, 2.24) is 15.1 Å². The van der Waals surface area contributed by atoms with Crippen molar-refractivity contribution < 1.29 is 0 Å².